The third kappa shape index (κ3) is 10.2. The van der Waals surface area contributed by atoms with Crippen LogP contribution in [0.4, 0.5) is 0 Å². The molecule has 0 aliphatic heterocycles. The van der Waals surface area contributed by atoms with E-state index in [0.717, 1.165) is 31.8 Å². The topological polar surface area (TPSA) is 99.1 Å². The summed E-state index contributed by atoms with van der Waals surface area (Å²) in [5.74, 6) is -1.02. The van der Waals surface area contributed by atoms with Crippen molar-refractivity contribution in [3.63, 3.8) is 0 Å². The minimum Gasteiger partial charge on any atom is -0.462 e. The summed E-state index contributed by atoms with van der Waals surface area (Å²) < 4.78 is 15.3. The van der Waals surface area contributed by atoms with E-state index in [-0.39, 0.29) is 36.2 Å². The van der Waals surface area contributed by atoms with Gasteiger partial charge in [0.1, 0.15) is 24.9 Å². The molecule has 0 saturated heterocycles. The van der Waals surface area contributed by atoms with E-state index >= 15 is 0 Å². The Kier molecular flexibility index (Phi) is 12.8. The zero-order valence-electron chi connectivity index (χ0n) is 21.1. The highest BCUT2D eigenvalue weighted by atomic mass is 16.6. The number of aliphatic hydroxyl groups is 1. The number of carbonyl (C=O) groups excluding carboxylic acids is 3. The van der Waals surface area contributed by atoms with Crippen LogP contribution in [0.5, 0.6) is 0 Å². The molecule has 1 unspecified atom stereocenters. The van der Waals surface area contributed by atoms with Crippen LogP contribution in [0.25, 0.3) is 0 Å². The first-order chi connectivity index (χ1) is 14.8. The van der Waals surface area contributed by atoms with Crippen LogP contribution in [0.15, 0.2) is 12.7 Å². The summed E-state index contributed by atoms with van der Waals surface area (Å²) in [7, 11) is 0. The van der Waals surface area contributed by atoms with Crippen molar-refractivity contribution in [2.75, 3.05) is 13.2 Å². The molecule has 0 heterocycles. The first-order valence-corrected chi connectivity index (χ1v) is 11.7. The second-order valence-corrected chi connectivity index (χ2v) is 9.69. The van der Waals surface area contributed by atoms with Gasteiger partial charge in [0.15, 0.2) is 0 Å². The van der Waals surface area contributed by atoms with Crippen LogP contribution in [-0.2, 0) is 28.6 Å². The Morgan fingerprint density at radius 3 is 1.84 bits per heavy atom. The Bertz CT molecular complexity index is 616. The predicted octanol–water partition coefficient (Wildman–Crippen LogP) is 4.74. The number of carbonyl (C=O) groups is 3. The van der Waals surface area contributed by atoms with Crippen molar-refractivity contribution in [3.05, 3.63) is 12.7 Å². The summed E-state index contributed by atoms with van der Waals surface area (Å²) in [6.45, 7) is 16.3. The predicted molar refractivity (Wildman–Crippen MR) is 124 cm³/mol. The number of hydrogen-bond donors (Lipinski definition) is 1. The Hall–Kier alpha value is -1.89. The van der Waals surface area contributed by atoms with E-state index in [4.69, 9.17) is 9.47 Å². The van der Waals surface area contributed by atoms with Crippen molar-refractivity contribution in [1.29, 1.82) is 0 Å². The molecule has 1 rings (SSSR count). The fourth-order valence-corrected chi connectivity index (χ4v) is 2.82. The first-order valence-electron chi connectivity index (χ1n) is 11.7. The molecule has 1 fully saturated rings. The Labute approximate surface area is 193 Å². The lowest BCUT2D eigenvalue weighted by atomic mass is 9.89. The molecule has 1 N–H and O–H groups in total. The van der Waals surface area contributed by atoms with Crippen molar-refractivity contribution < 1.29 is 33.7 Å². The van der Waals surface area contributed by atoms with Gasteiger partial charge in [-0.25, -0.2) is 4.79 Å². The third-order valence-electron chi connectivity index (χ3n) is 6.33. The normalized spacial score (nSPS) is 16.2. The van der Waals surface area contributed by atoms with Gasteiger partial charge < -0.3 is 19.3 Å². The van der Waals surface area contributed by atoms with Crippen LogP contribution in [0, 0.1) is 10.8 Å². The molecule has 1 saturated carbocycles. The molecule has 186 valence electrons. The monoisotopic (exact) mass is 456 g/mol. The molecule has 0 aromatic carbocycles. The van der Waals surface area contributed by atoms with Gasteiger partial charge in [-0.1, -0.05) is 27.4 Å². The maximum atomic E-state index is 12.0. The van der Waals surface area contributed by atoms with E-state index in [0.29, 0.717) is 6.42 Å². The van der Waals surface area contributed by atoms with Crippen LogP contribution in [0.1, 0.15) is 93.4 Å². The molecule has 1 aliphatic carbocycles. The smallest absolute Gasteiger partial charge is 0.330 e. The van der Waals surface area contributed by atoms with E-state index < -0.39 is 17.5 Å². The number of rotatable bonds is 11. The lowest BCUT2D eigenvalue weighted by Crippen LogP contribution is -2.37. The highest BCUT2D eigenvalue weighted by Gasteiger charge is 2.39. The van der Waals surface area contributed by atoms with Gasteiger partial charge in [-0.2, -0.15) is 0 Å². The maximum absolute atomic E-state index is 12.0. The van der Waals surface area contributed by atoms with Crippen molar-refractivity contribution in [1.82, 2.24) is 0 Å². The summed E-state index contributed by atoms with van der Waals surface area (Å²) in [4.78, 5) is 34.2. The molecule has 0 aromatic rings. The van der Waals surface area contributed by atoms with Gasteiger partial charge in [-0.05, 0) is 72.6 Å². The van der Waals surface area contributed by atoms with Crippen molar-refractivity contribution in [3.8, 4) is 0 Å². The Balaban J connectivity index is 0.000000604. The lowest BCUT2D eigenvalue weighted by Gasteiger charge is -2.32. The molecule has 0 bridgehead atoms. The molecule has 0 aromatic heterocycles. The van der Waals surface area contributed by atoms with Crippen LogP contribution in [-0.4, -0.2) is 47.9 Å². The summed E-state index contributed by atoms with van der Waals surface area (Å²) in [5, 5.41) is 9.39. The largest absolute Gasteiger partial charge is 0.462 e. The molecule has 1 atom stereocenters. The lowest BCUT2D eigenvalue weighted by molar-refractivity contribution is -0.170. The average molecular weight is 457 g/mol. The molecular weight excluding hydrogens is 412 g/mol. The third-order valence-corrected chi connectivity index (χ3v) is 6.33. The molecule has 1 aliphatic rings. The standard InChI is InChI=1S/C13H24O2.C12H20O5/c1-5-12(3,4)11(14)15-13(6-2)9-7-8-10-13;1-5-10(14)16-7-9(13)8-17-11(15)12(3,4)6-2/h5-10H2,1-4H3;5,9,13H,1,6-8H2,2-4H3. The van der Waals surface area contributed by atoms with Gasteiger partial charge in [0.25, 0.3) is 0 Å². The Morgan fingerprint density at radius 2 is 1.41 bits per heavy atom. The molecule has 0 amide bonds. The minimum atomic E-state index is -1.02. The van der Waals surface area contributed by atoms with E-state index in [2.05, 4.69) is 18.2 Å². The molecule has 0 spiro atoms. The second kappa shape index (κ2) is 13.6. The number of aliphatic hydroxyl groups excluding tert-OH is 1. The van der Waals surface area contributed by atoms with Crippen LogP contribution in [0.2, 0.25) is 0 Å². The number of ether oxygens (including phenoxy) is 3. The van der Waals surface area contributed by atoms with E-state index in [1.165, 1.54) is 12.8 Å². The minimum absolute atomic E-state index is 0.0197. The van der Waals surface area contributed by atoms with Crippen LogP contribution < -0.4 is 0 Å². The zero-order valence-corrected chi connectivity index (χ0v) is 21.1. The summed E-state index contributed by atoms with van der Waals surface area (Å²) in [6.07, 6.45) is 6.93. The first kappa shape index (κ1) is 30.1. The quantitative estimate of drug-likeness (QED) is 0.272. The molecule has 32 heavy (non-hydrogen) atoms. The molecule has 0 radical (unpaired) electrons. The number of esters is 3. The van der Waals surface area contributed by atoms with E-state index in [1.54, 1.807) is 13.8 Å². The van der Waals surface area contributed by atoms with Gasteiger partial charge >= 0.3 is 17.9 Å². The summed E-state index contributed by atoms with van der Waals surface area (Å²) >= 11 is 0. The van der Waals surface area contributed by atoms with E-state index in [1.807, 2.05) is 27.7 Å². The number of hydrogen-bond acceptors (Lipinski definition) is 7. The Morgan fingerprint density at radius 1 is 0.938 bits per heavy atom. The fraction of sp³-hybridized carbons (Fsp3) is 0.800. The fourth-order valence-electron chi connectivity index (χ4n) is 2.82. The maximum Gasteiger partial charge on any atom is 0.330 e. The van der Waals surface area contributed by atoms with Gasteiger partial charge in [-0.15, -0.1) is 0 Å². The van der Waals surface area contributed by atoms with Crippen molar-refractivity contribution >= 4 is 17.9 Å². The van der Waals surface area contributed by atoms with Crippen molar-refractivity contribution in [2.45, 2.75) is 105 Å². The van der Waals surface area contributed by atoms with Crippen LogP contribution >= 0.6 is 0 Å². The highest BCUT2D eigenvalue weighted by molar-refractivity contribution is 5.81. The van der Waals surface area contributed by atoms with Crippen LogP contribution in [0.3, 0.4) is 0 Å². The van der Waals surface area contributed by atoms with Gasteiger partial charge in [0, 0.05) is 6.08 Å². The van der Waals surface area contributed by atoms with Crippen molar-refractivity contribution in [2.24, 2.45) is 10.8 Å². The average Bonchev–Trinajstić information content (AvgIpc) is 3.24. The van der Waals surface area contributed by atoms with Gasteiger partial charge in [-0.3, -0.25) is 9.59 Å². The zero-order chi connectivity index (χ0) is 25.0. The SMILES string of the molecule is C=CC(=O)OCC(O)COC(=O)C(C)(C)CC.CCC1(OC(=O)C(C)(C)CC)CCCC1. The van der Waals surface area contributed by atoms with Gasteiger partial charge in [0.2, 0.25) is 0 Å². The molecule has 7 nitrogen and oxygen atoms in total. The molecular formula is C25H44O7. The van der Waals surface area contributed by atoms with Gasteiger partial charge in [0.05, 0.1) is 10.8 Å². The summed E-state index contributed by atoms with van der Waals surface area (Å²) in [6, 6.07) is 0. The summed E-state index contributed by atoms with van der Waals surface area (Å²) in [5.41, 5.74) is -1.04. The highest BCUT2D eigenvalue weighted by Crippen LogP contribution is 2.38. The molecule has 7 heteroatoms. The second-order valence-electron chi connectivity index (χ2n) is 9.69. The van der Waals surface area contributed by atoms with E-state index in [9.17, 15) is 19.5 Å².